The van der Waals surface area contributed by atoms with E-state index >= 15 is 0 Å². The summed E-state index contributed by atoms with van der Waals surface area (Å²) in [5.41, 5.74) is 3.23. The highest BCUT2D eigenvalue weighted by molar-refractivity contribution is 5.84. The average Bonchev–Trinajstić information content (AvgIpc) is 3.15. The van der Waals surface area contributed by atoms with Crippen molar-refractivity contribution in [1.82, 2.24) is 24.1 Å². The van der Waals surface area contributed by atoms with Gasteiger partial charge in [0.2, 0.25) is 0 Å². The molecule has 0 aliphatic heterocycles. The molecule has 0 amide bonds. The Labute approximate surface area is 133 Å². The summed E-state index contributed by atoms with van der Waals surface area (Å²) in [6.45, 7) is 2.14. The zero-order valence-electron chi connectivity index (χ0n) is 13.2. The Kier molecular flexibility index (Phi) is 3.22. The zero-order valence-corrected chi connectivity index (χ0v) is 13.2. The number of nitrogens with one attached hydrogen (secondary N) is 1. The molecule has 0 fully saturated rings. The second-order valence-electron chi connectivity index (χ2n) is 5.68. The Morgan fingerprint density at radius 3 is 2.96 bits per heavy atom. The molecule has 23 heavy (non-hydrogen) atoms. The molecular formula is C17H18N6. The van der Waals surface area contributed by atoms with Gasteiger partial charge in [0.1, 0.15) is 12.1 Å². The van der Waals surface area contributed by atoms with Crippen molar-refractivity contribution >= 4 is 28.2 Å². The Bertz CT molecular complexity index is 981. The van der Waals surface area contributed by atoms with Crippen molar-refractivity contribution in [2.45, 2.75) is 19.8 Å². The van der Waals surface area contributed by atoms with Crippen molar-refractivity contribution in [3.8, 4) is 0 Å². The van der Waals surface area contributed by atoms with E-state index in [4.69, 9.17) is 0 Å². The maximum atomic E-state index is 4.53. The summed E-state index contributed by atoms with van der Waals surface area (Å²) in [5, 5.41) is 8.94. The van der Waals surface area contributed by atoms with Crippen LogP contribution in [-0.4, -0.2) is 24.1 Å². The maximum absolute atomic E-state index is 4.53. The van der Waals surface area contributed by atoms with E-state index in [9.17, 15) is 0 Å². The molecule has 0 saturated carbocycles. The number of anilines is 2. The topological polar surface area (TPSA) is 60.0 Å². The third-order valence-corrected chi connectivity index (χ3v) is 3.97. The van der Waals surface area contributed by atoms with Crippen LogP contribution in [0.2, 0.25) is 0 Å². The first kappa shape index (κ1) is 13.8. The molecule has 1 N–H and O–H groups in total. The van der Waals surface area contributed by atoms with E-state index < -0.39 is 0 Å². The minimum Gasteiger partial charge on any atom is -0.350 e. The molecule has 1 aromatic carbocycles. The number of benzene rings is 1. The SMILES string of the molecule is CCCc1cc(Nc2ccc3ccn(C)c3c2)n2ncnc2n1. The number of rotatable bonds is 4. The summed E-state index contributed by atoms with van der Waals surface area (Å²) in [4.78, 5) is 8.74. The Balaban J connectivity index is 1.78. The van der Waals surface area contributed by atoms with Crippen molar-refractivity contribution in [2.24, 2.45) is 7.05 Å². The van der Waals surface area contributed by atoms with Gasteiger partial charge in [0.15, 0.2) is 0 Å². The standard InChI is InChI=1S/C17H18N6/c1-3-4-13-10-16(23-17(21-13)18-11-19-23)20-14-6-5-12-7-8-22(2)15(12)9-14/h5-11,20H,3-4H2,1-2H3. The Morgan fingerprint density at radius 2 is 2.09 bits per heavy atom. The van der Waals surface area contributed by atoms with Gasteiger partial charge in [0, 0.05) is 36.2 Å². The van der Waals surface area contributed by atoms with Crippen molar-refractivity contribution < 1.29 is 0 Å². The van der Waals surface area contributed by atoms with E-state index in [0.29, 0.717) is 5.78 Å². The molecule has 0 bridgehead atoms. The molecule has 6 heteroatoms. The summed E-state index contributed by atoms with van der Waals surface area (Å²) in [5.74, 6) is 1.50. The van der Waals surface area contributed by atoms with Crippen LogP contribution in [0.25, 0.3) is 16.7 Å². The molecule has 0 atom stereocenters. The molecule has 6 nitrogen and oxygen atoms in total. The van der Waals surface area contributed by atoms with Gasteiger partial charge in [-0.1, -0.05) is 19.4 Å². The predicted molar refractivity (Wildman–Crippen MR) is 91.0 cm³/mol. The van der Waals surface area contributed by atoms with E-state index in [1.807, 2.05) is 13.1 Å². The van der Waals surface area contributed by atoms with E-state index in [0.717, 1.165) is 30.0 Å². The van der Waals surface area contributed by atoms with Crippen molar-refractivity contribution in [3.05, 3.63) is 48.5 Å². The van der Waals surface area contributed by atoms with Gasteiger partial charge in [-0.3, -0.25) is 0 Å². The molecule has 116 valence electrons. The first-order chi connectivity index (χ1) is 11.2. The molecule has 4 aromatic rings. The van der Waals surface area contributed by atoms with Crippen LogP contribution in [0.5, 0.6) is 0 Å². The van der Waals surface area contributed by atoms with Gasteiger partial charge in [-0.2, -0.15) is 14.6 Å². The molecule has 3 heterocycles. The minimum atomic E-state index is 0.624. The average molecular weight is 306 g/mol. The number of aryl methyl sites for hydroxylation is 2. The number of hydrogen-bond donors (Lipinski definition) is 1. The monoisotopic (exact) mass is 306 g/mol. The predicted octanol–water partition coefficient (Wildman–Crippen LogP) is 3.31. The van der Waals surface area contributed by atoms with Crippen molar-refractivity contribution in [1.29, 1.82) is 0 Å². The first-order valence-corrected chi connectivity index (χ1v) is 7.76. The zero-order chi connectivity index (χ0) is 15.8. The third-order valence-electron chi connectivity index (χ3n) is 3.97. The van der Waals surface area contributed by atoms with E-state index in [1.54, 1.807) is 4.52 Å². The van der Waals surface area contributed by atoms with Crippen LogP contribution < -0.4 is 5.32 Å². The third kappa shape index (κ3) is 2.42. The maximum Gasteiger partial charge on any atom is 0.254 e. The van der Waals surface area contributed by atoms with E-state index in [-0.39, 0.29) is 0 Å². The lowest BCUT2D eigenvalue weighted by Crippen LogP contribution is -2.04. The second kappa shape index (κ2) is 5.39. The van der Waals surface area contributed by atoms with Gasteiger partial charge in [-0.25, -0.2) is 4.98 Å². The molecule has 3 aromatic heterocycles. The summed E-state index contributed by atoms with van der Waals surface area (Å²) >= 11 is 0. The van der Waals surface area contributed by atoms with Crippen LogP contribution in [0.3, 0.4) is 0 Å². The number of hydrogen-bond acceptors (Lipinski definition) is 4. The highest BCUT2D eigenvalue weighted by Gasteiger charge is 2.08. The fraction of sp³-hybridized carbons (Fsp3) is 0.235. The summed E-state index contributed by atoms with van der Waals surface area (Å²) in [6.07, 6.45) is 5.57. The summed E-state index contributed by atoms with van der Waals surface area (Å²) in [6, 6.07) is 10.5. The van der Waals surface area contributed by atoms with E-state index in [1.165, 1.54) is 17.2 Å². The first-order valence-electron chi connectivity index (χ1n) is 7.76. The Morgan fingerprint density at radius 1 is 1.17 bits per heavy atom. The van der Waals surface area contributed by atoms with Gasteiger partial charge < -0.3 is 9.88 Å². The van der Waals surface area contributed by atoms with Crippen LogP contribution in [0.1, 0.15) is 19.0 Å². The van der Waals surface area contributed by atoms with Gasteiger partial charge in [0.25, 0.3) is 5.78 Å². The van der Waals surface area contributed by atoms with Crippen LogP contribution in [0.15, 0.2) is 42.9 Å². The summed E-state index contributed by atoms with van der Waals surface area (Å²) in [7, 11) is 2.05. The summed E-state index contributed by atoms with van der Waals surface area (Å²) < 4.78 is 3.84. The fourth-order valence-corrected chi connectivity index (χ4v) is 2.82. The lowest BCUT2D eigenvalue weighted by Gasteiger charge is -2.10. The lowest BCUT2D eigenvalue weighted by atomic mass is 10.2. The van der Waals surface area contributed by atoms with Crippen LogP contribution in [0, 0.1) is 0 Å². The van der Waals surface area contributed by atoms with E-state index in [2.05, 4.69) is 62.3 Å². The molecule has 0 saturated heterocycles. The van der Waals surface area contributed by atoms with Crippen LogP contribution in [-0.2, 0) is 13.5 Å². The molecule has 0 spiro atoms. The van der Waals surface area contributed by atoms with Crippen molar-refractivity contribution in [2.75, 3.05) is 5.32 Å². The lowest BCUT2D eigenvalue weighted by molar-refractivity contribution is 0.860. The minimum absolute atomic E-state index is 0.624. The van der Waals surface area contributed by atoms with Gasteiger partial charge >= 0.3 is 0 Å². The largest absolute Gasteiger partial charge is 0.350 e. The smallest absolute Gasteiger partial charge is 0.254 e. The normalized spacial score (nSPS) is 11.4. The molecule has 0 radical (unpaired) electrons. The number of nitrogens with zero attached hydrogens (tertiary/aromatic N) is 5. The van der Waals surface area contributed by atoms with Gasteiger partial charge in [0.05, 0.1) is 0 Å². The van der Waals surface area contributed by atoms with Crippen LogP contribution in [0.4, 0.5) is 11.5 Å². The highest BCUT2D eigenvalue weighted by Crippen LogP contribution is 2.23. The Hall–Kier alpha value is -2.89. The molecular weight excluding hydrogens is 288 g/mol. The fourth-order valence-electron chi connectivity index (χ4n) is 2.82. The van der Waals surface area contributed by atoms with Crippen LogP contribution >= 0.6 is 0 Å². The van der Waals surface area contributed by atoms with Gasteiger partial charge in [-0.05, 0) is 30.0 Å². The molecule has 4 rings (SSSR count). The number of fused-ring (bicyclic) bond motifs is 2. The second-order valence-corrected chi connectivity index (χ2v) is 5.68. The molecule has 0 aliphatic carbocycles. The molecule has 0 aliphatic rings. The molecule has 0 unspecified atom stereocenters. The van der Waals surface area contributed by atoms with Gasteiger partial charge in [-0.15, -0.1) is 0 Å². The number of aromatic nitrogens is 5. The highest BCUT2D eigenvalue weighted by atomic mass is 15.3. The quantitative estimate of drug-likeness (QED) is 0.628. The van der Waals surface area contributed by atoms with Crippen molar-refractivity contribution in [3.63, 3.8) is 0 Å².